The van der Waals surface area contributed by atoms with E-state index in [9.17, 15) is 4.39 Å². The van der Waals surface area contributed by atoms with Gasteiger partial charge in [-0.15, -0.1) is 11.5 Å². The van der Waals surface area contributed by atoms with Crippen molar-refractivity contribution in [2.75, 3.05) is 5.73 Å². The second-order valence-corrected chi connectivity index (χ2v) is 2.50. The molecule has 0 aliphatic heterocycles. The van der Waals surface area contributed by atoms with E-state index in [1.54, 1.807) is 0 Å². The Balaban J connectivity index is 3.17. The van der Waals surface area contributed by atoms with E-state index in [0.29, 0.717) is 0 Å². The third-order valence-corrected chi connectivity index (χ3v) is 1.55. The van der Waals surface area contributed by atoms with E-state index in [2.05, 4.69) is 0 Å². The molecule has 1 aromatic carbocycles. The number of rotatable bonds is 1. The molecule has 0 aliphatic rings. The minimum absolute atomic E-state index is 0.00617. The summed E-state index contributed by atoms with van der Waals surface area (Å²) >= 11 is 5.24. The molecule has 0 unspecified atom stereocenters. The Hall–Kier alpha value is -0.735. The van der Waals surface area contributed by atoms with E-state index in [1.165, 1.54) is 18.2 Å². The average molecular weight is 173 g/mol. The van der Waals surface area contributed by atoms with Gasteiger partial charge in [0.15, 0.2) is 0 Å². The summed E-state index contributed by atoms with van der Waals surface area (Å²) in [5.41, 5.74) is 5.21. The molecule has 0 heterocycles. The van der Waals surface area contributed by atoms with Crippen molar-refractivity contribution in [2.24, 2.45) is 0 Å². The van der Waals surface area contributed by atoms with Gasteiger partial charge in [-0.3, -0.25) is 0 Å². The number of hydrogen-bond acceptors (Lipinski definition) is 2. The first-order valence-electron chi connectivity index (χ1n) is 2.99. The molecule has 2 nitrogen and oxygen atoms in total. The van der Waals surface area contributed by atoms with Crippen LogP contribution in [0.15, 0.2) is 18.2 Å². The van der Waals surface area contributed by atoms with E-state index in [1.807, 2.05) is 0 Å². The van der Waals surface area contributed by atoms with Crippen molar-refractivity contribution < 1.29 is 9.41 Å². The van der Waals surface area contributed by atoms with Crippen LogP contribution in [0, 0.1) is 5.82 Å². The smallest absolute Gasteiger partial charge is 0.434 e. The third kappa shape index (κ3) is 1.64. The number of anilines is 1. The summed E-state index contributed by atoms with van der Waals surface area (Å²) in [5, 5.41) is 8.80. The van der Waals surface area contributed by atoms with Gasteiger partial charge in [0.25, 0.3) is 0 Å². The highest BCUT2D eigenvalue weighted by Crippen LogP contribution is 2.06. The van der Waals surface area contributed by atoms with Crippen molar-refractivity contribution >= 4 is 28.9 Å². The number of benzene rings is 1. The van der Waals surface area contributed by atoms with Crippen molar-refractivity contribution in [1.29, 1.82) is 0 Å². The molecule has 0 atom stereocenters. The highest BCUT2D eigenvalue weighted by molar-refractivity contribution is 7.10. The summed E-state index contributed by atoms with van der Waals surface area (Å²) in [5.74, 6) is -0.657. The van der Waals surface area contributed by atoms with E-state index in [0.717, 1.165) is 0 Å². The lowest BCUT2D eigenvalue weighted by Gasteiger charge is -2.02. The monoisotopic (exact) mass is 173 g/mol. The molecule has 0 amide bonds. The second-order valence-electron chi connectivity index (χ2n) is 2.09. The summed E-state index contributed by atoms with van der Waals surface area (Å²) < 4.78 is 12.9. The van der Waals surface area contributed by atoms with Crippen LogP contribution in [-0.2, 0) is 0 Å². The lowest BCUT2D eigenvalue weighted by atomic mass is 9.86. The third-order valence-electron chi connectivity index (χ3n) is 1.32. The normalized spacial score (nSPS) is 9.73. The fraction of sp³-hybridized carbons (Fsp3) is 0. The Bertz CT molecular complexity index is 269. The molecule has 3 N–H and O–H groups in total. The fourth-order valence-corrected chi connectivity index (χ4v) is 0.921. The van der Waals surface area contributed by atoms with Gasteiger partial charge >= 0.3 is 6.33 Å². The molecular weight excluding hydrogens is 167 g/mol. The van der Waals surface area contributed by atoms with Gasteiger partial charge < -0.3 is 10.8 Å². The van der Waals surface area contributed by atoms with Crippen LogP contribution in [0.4, 0.5) is 10.1 Å². The second kappa shape index (κ2) is 3.11. The number of halogens is 2. The minimum atomic E-state index is -1.33. The van der Waals surface area contributed by atoms with Crippen molar-refractivity contribution in [2.45, 2.75) is 0 Å². The van der Waals surface area contributed by atoms with Crippen LogP contribution in [0.3, 0.4) is 0 Å². The summed E-state index contributed by atoms with van der Waals surface area (Å²) in [7, 11) is 0. The Morgan fingerprint density at radius 3 is 2.64 bits per heavy atom. The Morgan fingerprint density at radius 1 is 1.55 bits per heavy atom. The zero-order chi connectivity index (χ0) is 8.43. The van der Waals surface area contributed by atoms with Gasteiger partial charge in [0, 0.05) is 5.46 Å². The van der Waals surface area contributed by atoms with Crippen LogP contribution in [0.1, 0.15) is 0 Å². The summed E-state index contributed by atoms with van der Waals surface area (Å²) in [6, 6.07) is 4.31. The fourth-order valence-electron chi connectivity index (χ4n) is 0.752. The minimum Gasteiger partial charge on any atom is -0.434 e. The van der Waals surface area contributed by atoms with Crippen molar-refractivity contribution in [3.05, 3.63) is 24.0 Å². The summed E-state index contributed by atoms with van der Waals surface area (Å²) in [6.07, 6.45) is -1.33. The Labute approximate surface area is 68.8 Å². The predicted octanol–water partition coefficient (Wildman–Crippen LogP) is 0.334. The largest absolute Gasteiger partial charge is 0.434 e. The number of nitrogens with two attached hydrogens (primary N) is 1. The molecule has 0 saturated heterocycles. The van der Waals surface area contributed by atoms with Crippen molar-refractivity contribution in [3.8, 4) is 0 Å². The van der Waals surface area contributed by atoms with Gasteiger partial charge in [-0.2, -0.15) is 0 Å². The molecule has 0 aromatic heterocycles. The van der Waals surface area contributed by atoms with Gasteiger partial charge in [-0.1, -0.05) is 12.1 Å². The van der Waals surface area contributed by atoms with Gasteiger partial charge in [-0.25, -0.2) is 4.39 Å². The quantitative estimate of drug-likeness (QED) is 0.475. The molecule has 0 bridgehead atoms. The number of hydrogen-bond donors (Lipinski definition) is 2. The van der Waals surface area contributed by atoms with E-state index in [4.69, 9.17) is 22.2 Å². The maximum absolute atomic E-state index is 12.9. The zero-order valence-corrected chi connectivity index (χ0v) is 6.35. The lowest BCUT2D eigenvalue weighted by molar-refractivity contribution is 0.596. The van der Waals surface area contributed by atoms with Crippen LogP contribution in [0.2, 0.25) is 0 Å². The number of nitrogen functional groups attached to an aromatic ring is 1. The van der Waals surface area contributed by atoms with E-state index < -0.39 is 12.1 Å². The molecule has 1 aromatic rings. The molecule has 1 rings (SSSR count). The standard InChI is InChI=1S/C6H6BClFNO/c8-7(11)4-2-1-3-5(10)6(4)9/h1-3,11H,10H2. The van der Waals surface area contributed by atoms with E-state index in [-0.39, 0.29) is 11.2 Å². The van der Waals surface area contributed by atoms with Crippen molar-refractivity contribution in [1.82, 2.24) is 0 Å². The van der Waals surface area contributed by atoms with Crippen LogP contribution >= 0.6 is 11.5 Å². The predicted molar refractivity (Wildman–Crippen MR) is 44.3 cm³/mol. The molecule has 0 radical (unpaired) electrons. The first-order chi connectivity index (χ1) is 5.13. The van der Waals surface area contributed by atoms with Crippen LogP contribution < -0.4 is 11.2 Å². The molecule has 0 aliphatic carbocycles. The average Bonchev–Trinajstić information content (AvgIpc) is 1.94. The maximum atomic E-state index is 12.9. The molecule has 58 valence electrons. The highest BCUT2D eigenvalue weighted by atomic mass is 35.5. The van der Waals surface area contributed by atoms with Crippen LogP contribution in [0.25, 0.3) is 0 Å². The first-order valence-corrected chi connectivity index (χ1v) is 3.42. The SMILES string of the molecule is Nc1cccc(B(O)Cl)c1F. The van der Waals surface area contributed by atoms with Crippen LogP contribution in [-0.4, -0.2) is 11.4 Å². The topological polar surface area (TPSA) is 46.2 Å². The highest BCUT2D eigenvalue weighted by Gasteiger charge is 2.16. The van der Waals surface area contributed by atoms with Gasteiger partial charge in [0.05, 0.1) is 5.69 Å². The van der Waals surface area contributed by atoms with E-state index >= 15 is 0 Å². The molecule has 5 heteroatoms. The van der Waals surface area contributed by atoms with Gasteiger partial charge in [0.2, 0.25) is 0 Å². The molecule has 0 saturated carbocycles. The van der Waals surface area contributed by atoms with Crippen LogP contribution in [0.5, 0.6) is 0 Å². The molecule has 11 heavy (non-hydrogen) atoms. The molecular formula is C6H6BClFNO. The first kappa shape index (κ1) is 8.36. The Morgan fingerprint density at radius 2 is 2.18 bits per heavy atom. The lowest BCUT2D eigenvalue weighted by Crippen LogP contribution is -2.27. The van der Waals surface area contributed by atoms with Gasteiger partial charge in [0.1, 0.15) is 5.82 Å². The molecule has 0 spiro atoms. The van der Waals surface area contributed by atoms with Gasteiger partial charge in [-0.05, 0) is 6.07 Å². The van der Waals surface area contributed by atoms with Crippen molar-refractivity contribution in [3.63, 3.8) is 0 Å². The summed E-state index contributed by atoms with van der Waals surface area (Å²) in [6.45, 7) is 0. The summed E-state index contributed by atoms with van der Waals surface area (Å²) in [4.78, 5) is 0. The maximum Gasteiger partial charge on any atom is 0.434 e. The Kier molecular flexibility index (Phi) is 2.36. The molecule has 0 fully saturated rings. The zero-order valence-electron chi connectivity index (χ0n) is 5.59.